The van der Waals surface area contributed by atoms with E-state index in [2.05, 4.69) is 5.32 Å². The molecule has 1 rings (SSSR count). The second-order valence-electron chi connectivity index (χ2n) is 5.98. The van der Waals surface area contributed by atoms with Crippen LogP contribution in [0.25, 0.3) is 0 Å². The summed E-state index contributed by atoms with van der Waals surface area (Å²) in [6, 6.07) is 4.89. The average molecular weight is 362 g/mol. The van der Waals surface area contributed by atoms with Crippen LogP contribution in [0.1, 0.15) is 41.5 Å². The summed E-state index contributed by atoms with van der Waals surface area (Å²) >= 11 is 0. The Kier molecular flexibility index (Phi) is 7.14. The van der Waals surface area contributed by atoms with Crippen molar-refractivity contribution in [3.63, 3.8) is 0 Å². The maximum atomic E-state index is 12.4. The van der Waals surface area contributed by atoms with E-state index in [9.17, 15) is 19.6 Å². The molecule has 0 unspecified atom stereocenters. The summed E-state index contributed by atoms with van der Waals surface area (Å²) in [6.45, 7) is 4.54. The fraction of sp³-hybridized carbons (Fsp3) is 0.444. The Bertz CT molecular complexity index is 738. The summed E-state index contributed by atoms with van der Waals surface area (Å²) in [5.74, 6) is -1.42. The minimum absolute atomic E-state index is 0.0338. The van der Waals surface area contributed by atoms with E-state index in [1.165, 1.54) is 26.4 Å². The molecule has 1 aromatic carbocycles. The third-order valence-corrected chi connectivity index (χ3v) is 4.03. The first-order valence-corrected chi connectivity index (χ1v) is 7.83. The molecule has 0 heterocycles. The van der Waals surface area contributed by atoms with Crippen LogP contribution in [-0.2, 0) is 9.53 Å². The summed E-state index contributed by atoms with van der Waals surface area (Å²) in [5.41, 5.74) is -1.19. The van der Waals surface area contributed by atoms with Crippen LogP contribution in [0, 0.1) is 17.2 Å². The summed E-state index contributed by atoms with van der Waals surface area (Å²) in [6.07, 6.45) is 0.476. The van der Waals surface area contributed by atoms with Gasteiger partial charge in [0.1, 0.15) is 11.1 Å². The van der Waals surface area contributed by atoms with E-state index in [1.807, 2.05) is 6.07 Å². The molecule has 0 bridgehead atoms. The Morgan fingerprint density at radius 3 is 2.42 bits per heavy atom. The minimum Gasteiger partial charge on any atom is -0.493 e. The Labute approximate surface area is 152 Å². The zero-order valence-electron chi connectivity index (χ0n) is 15.4. The van der Waals surface area contributed by atoms with Gasteiger partial charge in [0.05, 0.1) is 20.3 Å². The van der Waals surface area contributed by atoms with E-state index >= 15 is 0 Å². The lowest BCUT2D eigenvalue weighted by molar-refractivity contribution is -0.125. The first-order chi connectivity index (χ1) is 12.2. The molecule has 0 saturated carbocycles. The van der Waals surface area contributed by atoms with Crippen LogP contribution >= 0.6 is 0 Å². The van der Waals surface area contributed by atoms with Crippen molar-refractivity contribution < 1.29 is 28.6 Å². The van der Waals surface area contributed by atoms with Crippen LogP contribution in [0.5, 0.6) is 11.5 Å². The average Bonchev–Trinajstić information content (AvgIpc) is 2.64. The van der Waals surface area contributed by atoms with Gasteiger partial charge in [-0.25, -0.2) is 4.79 Å². The molecule has 0 aliphatic carbocycles. The Balaban J connectivity index is 2.97. The lowest BCUT2D eigenvalue weighted by Crippen LogP contribution is -2.50. The first kappa shape index (κ1) is 21.0. The van der Waals surface area contributed by atoms with Gasteiger partial charge in [0.15, 0.2) is 24.4 Å². The molecule has 1 atom stereocenters. The Hall–Kier alpha value is -3.08. The van der Waals surface area contributed by atoms with Crippen molar-refractivity contribution >= 4 is 18.2 Å². The summed E-state index contributed by atoms with van der Waals surface area (Å²) < 4.78 is 15.2. The van der Waals surface area contributed by atoms with E-state index < -0.39 is 24.0 Å². The molecule has 1 N–H and O–H groups in total. The maximum absolute atomic E-state index is 12.4. The highest BCUT2D eigenvalue weighted by atomic mass is 16.5. The Morgan fingerprint density at radius 2 is 1.96 bits per heavy atom. The number of nitrogens with one attached hydrogen (secondary N) is 1. The highest BCUT2D eigenvalue weighted by Crippen LogP contribution is 2.33. The zero-order valence-corrected chi connectivity index (χ0v) is 15.4. The molecule has 1 amide bonds. The van der Waals surface area contributed by atoms with E-state index in [1.54, 1.807) is 20.8 Å². The van der Waals surface area contributed by atoms with E-state index in [0.29, 0.717) is 6.29 Å². The molecule has 0 spiro atoms. The molecule has 0 aromatic heterocycles. The molecule has 0 radical (unpaired) electrons. The standard InChI is InChI=1S/C18H22N2O6/c1-11(2)18(3,10-19)20-14(22)9-26-17(23)15-12(8-21)6-7-13(24-4)16(15)25-5/h6-8,11H,9H2,1-5H3,(H,20,22)/t18-/m1/s1. The van der Waals surface area contributed by atoms with Gasteiger partial charge < -0.3 is 19.5 Å². The van der Waals surface area contributed by atoms with Gasteiger partial charge in [-0.1, -0.05) is 13.8 Å². The highest BCUT2D eigenvalue weighted by Gasteiger charge is 2.30. The highest BCUT2D eigenvalue weighted by molar-refractivity contribution is 6.02. The minimum atomic E-state index is -1.09. The first-order valence-electron chi connectivity index (χ1n) is 7.83. The van der Waals surface area contributed by atoms with Gasteiger partial charge in [0.2, 0.25) is 0 Å². The molecule has 0 fully saturated rings. The van der Waals surface area contributed by atoms with Crippen molar-refractivity contribution in [3.05, 3.63) is 23.3 Å². The number of benzene rings is 1. The van der Waals surface area contributed by atoms with Gasteiger partial charge in [-0.15, -0.1) is 0 Å². The van der Waals surface area contributed by atoms with E-state index in [4.69, 9.17) is 14.2 Å². The number of carbonyl (C=O) groups excluding carboxylic acids is 3. The van der Waals surface area contributed by atoms with Gasteiger partial charge in [0.25, 0.3) is 5.91 Å². The number of nitrogens with zero attached hydrogens (tertiary/aromatic N) is 1. The summed E-state index contributed by atoms with van der Waals surface area (Å²) in [4.78, 5) is 35.6. The van der Waals surface area contributed by atoms with E-state index in [0.717, 1.165) is 0 Å². The third-order valence-electron chi connectivity index (χ3n) is 4.03. The smallest absolute Gasteiger partial charge is 0.343 e. The molecule has 8 nitrogen and oxygen atoms in total. The number of aldehydes is 1. The second-order valence-corrected chi connectivity index (χ2v) is 5.98. The van der Waals surface area contributed by atoms with Gasteiger partial charge in [-0.05, 0) is 25.0 Å². The number of nitriles is 1. The van der Waals surface area contributed by atoms with Crippen LogP contribution in [0.15, 0.2) is 12.1 Å². The molecule has 1 aromatic rings. The number of hydrogen-bond acceptors (Lipinski definition) is 7. The van der Waals surface area contributed by atoms with Crippen molar-refractivity contribution in [2.24, 2.45) is 5.92 Å². The molecule has 140 valence electrons. The lowest BCUT2D eigenvalue weighted by Gasteiger charge is -2.27. The summed E-state index contributed by atoms with van der Waals surface area (Å²) in [7, 11) is 2.70. The maximum Gasteiger partial charge on any atom is 0.343 e. The molecular weight excluding hydrogens is 340 g/mol. The molecular formula is C18H22N2O6. The van der Waals surface area contributed by atoms with Gasteiger partial charge in [-0.2, -0.15) is 5.26 Å². The van der Waals surface area contributed by atoms with Gasteiger partial charge in [-0.3, -0.25) is 9.59 Å². The van der Waals surface area contributed by atoms with Crippen molar-refractivity contribution in [1.29, 1.82) is 5.26 Å². The van der Waals surface area contributed by atoms with Crippen LogP contribution < -0.4 is 14.8 Å². The topological polar surface area (TPSA) is 115 Å². The number of carbonyl (C=O) groups is 3. The van der Waals surface area contributed by atoms with Crippen molar-refractivity contribution in [2.45, 2.75) is 26.3 Å². The molecule has 0 aliphatic rings. The van der Waals surface area contributed by atoms with Crippen molar-refractivity contribution in [1.82, 2.24) is 5.32 Å². The number of amides is 1. The molecule has 0 aliphatic heterocycles. The number of methoxy groups -OCH3 is 2. The quantitative estimate of drug-likeness (QED) is 0.553. The van der Waals surface area contributed by atoms with Crippen molar-refractivity contribution in [2.75, 3.05) is 20.8 Å². The number of esters is 1. The fourth-order valence-electron chi connectivity index (χ4n) is 2.08. The zero-order chi connectivity index (χ0) is 19.9. The molecule has 0 saturated heterocycles. The monoisotopic (exact) mass is 362 g/mol. The van der Waals surface area contributed by atoms with Crippen LogP contribution in [0.3, 0.4) is 0 Å². The molecule has 26 heavy (non-hydrogen) atoms. The Morgan fingerprint density at radius 1 is 1.31 bits per heavy atom. The molecule has 8 heteroatoms. The van der Waals surface area contributed by atoms with Crippen LogP contribution in [0.4, 0.5) is 0 Å². The summed E-state index contributed by atoms with van der Waals surface area (Å²) in [5, 5.41) is 11.7. The predicted molar refractivity (Wildman–Crippen MR) is 92.2 cm³/mol. The largest absolute Gasteiger partial charge is 0.493 e. The van der Waals surface area contributed by atoms with Crippen molar-refractivity contribution in [3.8, 4) is 17.6 Å². The van der Waals surface area contributed by atoms with Gasteiger partial charge in [0, 0.05) is 5.56 Å². The number of rotatable bonds is 8. The third kappa shape index (κ3) is 4.51. The second kappa shape index (κ2) is 8.85. The number of hydrogen-bond donors (Lipinski definition) is 1. The van der Waals surface area contributed by atoms with Gasteiger partial charge >= 0.3 is 5.97 Å². The fourth-order valence-corrected chi connectivity index (χ4v) is 2.08. The predicted octanol–water partition coefficient (Wildman–Crippen LogP) is 1.73. The van der Waals surface area contributed by atoms with E-state index in [-0.39, 0.29) is 28.5 Å². The normalized spacial score (nSPS) is 12.5. The number of ether oxygens (including phenoxy) is 3. The van der Waals surface area contributed by atoms with Crippen LogP contribution in [-0.4, -0.2) is 44.5 Å². The van der Waals surface area contributed by atoms with Crippen LogP contribution in [0.2, 0.25) is 0 Å². The lowest BCUT2D eigenvalue weighted by atomic mass is 9.90. The SMILES string of the molecule is COc1ccc(C=O)c(C(=O)OCC(=O)N[C@](C)(C#N)C(C)C)c1OC.